The highest BCUT2D eigenvalue weighted by molar-refractivity contribution is 6.23. The van der Waals surface area contributed by atoms with Gasteiger partial charge in [-0.05, 0) is 113 Å². The summed E-state index contributed by atoms with van der Waals surface area (Å²) in [7, 11) is 2.94. The second-order valence-corrected chi connectivity index (χ2v) is 16.1. The molecule has 3 N–H and O–H groups in total. The molecule has 15 nitrogen and oxygen atoms in total. The summed E-state index contributed by atoms with van der Waals surface area (Å²) in [5.74, 6) is 0.596. The molecule has 0 unspecified atom stereocenters. The average molecular weight is 867 g/mol. The molecule has 0 radical (unpaired) electrons. The molecule has 1 aromatic heterocycles. The van der Waals surface area contributed by atoms with Gasteiger partial charge in [-0.1, -0.05) is 38.1 Å². The van der Waals surface area contributed by atoms with Crippen molar-refractivity contribution in [3.8, 4) is 11.5 Å². The molecule has 0 saturated heterocycles. The Labute approximate surface area is 368 Å². The van der Waals surface area contributed by atoms with Crippen molar-refractivity contribution in [3.63, 3.8) is 0 Å². The van der Waals surface area contributed by atoms with Gasteiger partial charge in [0.05, 0.1) is 43.0 Å². The zero-order valence-electron chi connectivity index (χ0n) is 37.6. The van der Waals surface area contributed by atoms with Gasteiger partial charge in [-0.25, -0.2) is 14.4 Å². The van der Waals surface area contributed by atoms with Gasteiger partial charge in [0.15, 0.2) is 5.76 Å². The number of hydrogen-bond acceptors (Lipinski definition) is 11. The van der Waals surface area contributed by atoms with Crippen LogP contribution in [-0.4, -0.2) is 60.3 Å². The van der Waals surface area contributed by atoms with Gasteiger partial charge in [-0.2, -0.15) is 0 Å². The number of ether oxygens (including phenoxy) is 6. The van der Waals surface area contributed by atoms with E-state index in [4.69, 9.17) is 28.4 Å². The minimum Gasteiger partial charge on any atom is -0.493 e. The molecule has 0 aliphatic heterocycles. The number of aryl methyl sites for hydroxylation is 4. The van der Waals surface area contributed by atoms with Gasteiger partial charge in [-0.15, -0.1) is 0 Å². The van der Waals surface area contributed by atoms with Crippen molar-refractivity contribution in [2.24, 2.45) is 7.05 Å². The first-order chi connectivity index (χ1) is 30.0. The zero-order chi connectivity index (χ0) is 45.8. The van der Waals surface area contributed by atoms with Crippen LogP contribution in [-0.2, 0) is 52.1 Å². The van der Waals surface area contributed by atoms with Crippen molar-refractivity contribution < 1.29 is 52.4 Å². The van der Waals surface area contributed by atoms with Gasteiger partial charge in [0.25, 0.3) is 0 Å². The molecular weight excluding hydrogens is 809 g/mol. The van der Waals surface area contributed by atoms with Crippen molar-refractivity contribution in [2.75, 3.05) is 36.3 Å². The summed E-state index contributed by atoms with van der Waals surface area (Å²) in [5.41, 5.74) is 6.51. The fourth-order valence-corrected chi connectivity index (χ4v) is 6.82. The number of unbranched alkanes of at least 4 members (excludes halogenated alkanes) is 2. The van der Waals surface area contributed by atoms with E-state index in [1.54, 1.807) is 31.3 Å². The number of allylic oxidation sites excluding steroid dienone is 2. The summed E-state index contributed by atoms with van der Waals surface area (Å²) in [4.78, 5) is 62.9. The molecule has 0 fully saturated rings. The fraction of sp³-hybridized carbons (Fsp3) is 0.396. The van der Waals surface area contributed by atoms with E-state index >= 15 is 0 Å². The predicted molar refractivity (Wildman–Crippen MR) is 239 cm³/mol. The summed E-state index contributed by atoms with van der Waals surface area (Å²) in [6, 6.07) is 15.9. The number of Topliss-reactive ketones (excluding diaryl/α,β-unsaturated/α-hetero) is 1. The van der Waals surface area contributed by atoms with Crippen LogP contribution in [0.1, 0.15) is 108 Å². The number of ketones is 2. The van der Waals surface area contributed by atoms with E-state index < -0.39 is 29.7 Å². The summed E-state index contributed by atoms with van der Waals surface area (Å²) in [6.45, 7) is 14.3. The zero-order valence-corrected chi connectivity index (χ0v) is 37.6. The van der Waals surface area contributed by atoms with E-state index in [2.05, 4.69) is 29.8 Å². The Morgan fingerprint density at radius 3 is 1.78 bits per heavy atom. The Morgan fingerprint density at radius 2 is 1.24 bits per heavy atom. The first-order valence-electron chi connectivity index (χ1n) is 21.0. The number of amides is 3. The number of hydrogen-bond donors (Lipinski definition) is 3. The molecule has 1 heterocycles. The molecule has 63 heavy (non-hydrogen) atoms. The molecule has 3 amide bonds. The number of fused-ring (bicyclic) bond motifs is 1. The molecule has 1 aliphatic rings. The monoisotopic (exact) mass is 866 g/mol. The van der Waals surface area contributed by atoms with Crippen molar-refractivity contribution in [2.45, 2.75) is 99.4 Å². The molecule has 336 valence electrons. The Hall–Kier alpha value is -6.77. The number of carbonyl (C=O) groups is 5. The summed E-state index contributed by atoms with van der Waals surface area (Å²) < 4.78 is 35.2. The Balaban J connectivity index is 1.04. The van der Waals surface area contributed by atoms with Crippen LogP contribution in [0.5, 0.6) is 11.5 Å². The van der Waals surface area contributed by atoms with Crippen molar-refractivity contribution in [1.29, 1.82) is 0 Å². The highest BCUT2D eigenvalue weighted by Gasteiger charge is 2.31. The SMILES string of the molecule is CCc1cc(C)c(NC(=O)OCc2ccc(NC(=O)OCc3cc4c(n3C)C(=O)C=C(OC)C4=O)cc2)cc1OCCCCCOc1cc(NC(=O)OC(C)(C)C)c(C)cc1CC. The second kappa shape index (κ2) is 21.3. The maximum atomic E-state index is 12.9. The third kappa shape index (κ3) is 12.9. The van der Waals surface area contributed by atoms with Crippen molar-refractivity contribution in [1.82, 2.24) is 4.57 Å². The Morgan fingerprint density at radius 1 is 0.698 bits per heavy atom. The van der Waals surface area contributed by atoms with E-state index in [-0.39, 0.29) is 36.0 Å². The third-order valence-electron chi connectivity index (χ3n) is 10.2. The number of benzene rings is 3. The van der Waals surface area contributed by atoms with Crippen LogP contribution in [0.4, 0.5) is 31.4 Å². The number of nitrogens with zero attached hydrogens (tertiary/aromatic N) is 1. The lowest BCUT2D eigenvalue weighted by molar-refractivity contribution is 0.0635. The quantitative estimate of drug-likeness (QED) is 0.0639. The number of carbonyl (C=O) groups excluding carboxylic acids is 5. The molecule has 0 spiro atoms. The fourth-order valence-electron chi connectivity index (χ4n) is 6.82. The minimum atomic E-state index is -0.737. The standard InChI is InChI=1S/C48H58N4O11/c1-10-32-21-29(3)37(24-40(32)59-19-13-12-14-20-60-41-25-38(30(4)22-33(41)11-2)51-47(57)63-48(5,6)7)50-46(56)61-27-31-15-17-34(18-16-31)49-45(55)62-28-35-23-36-43(52(35)8)39(53)26-42(58-9)44(36)54/h15-18,21-26H,10-14,19-20,27-28H2,1-9H3,(H,49,55)(H,50,56)(H,51,57). The number of methoxy groups -OCH3 is 1. The smallest absolute Gasteiger partial charge is 0.412 e. The molecule has 4 aromatic rings. The van der Waals surface area contributed by atoms with Crippen LogP contribution in [0.15, 0.2) is 66.4 Å². The highest BCUT2D eigenvalue weighted by atomic mass is 16.6. The van der Waals surface area contributed by atoms with E-state index in [9.17, 15) is 24.0 Å². The van der Waals surface area contributed by atoms with E-state index in [0.29, 0.717) is 47.3 Å². The second-order valence-electron chi connectivity index (χ2n) is 16.1. The largest absolute Gasteiger partial charge is 0.493 e. The highest BCUT2D eigenvalue weighted by Crippen LogP contribution is 2.31. The van der Waals surface area contributed by atoms with Crippen LogP contribution in [0.3, 0.4) is 0 Å². The Kier molecular flexibility index (Phi) is 16.0. The lowest BCUT2D eigenvalue weighted by Gasteiger charge is -2.21. The molecule has 0 atom stereocenters. The van der Waals surface area contributed by atoms with Crippen molar-refractivity contribution in [3.05, 3.63) is 111 Å². The topological polar surface area (TPSA) is 182 Å². The van der Waals surface area contributed by atoms with E-state index in [1.807, 2.05) is 58.9 Å². The number of nitrogens with one attached hydrogen (secondary N) is 3. The van der Waals surface area contributed by atoms with Gasteiger partial charge in [0, 0.05) is 30.9 Å². The molecule has 5 rings (SSSR count). The van der Waals surface area contributed by atoms with Gasteiger partial charge in [0.1, 0.15) is 36.0 Å². The van der Waals surface area contributed by atoms with Gasteiger partial charge < -0.3 is 33.0 Å². The van der Waals surface area contributed by atoms with Crippen LogP contribution in [0.25, 0.3) is 0 Å². The van der Waals surface area contributed by atoms with Crippen LogP contribution < -0.4 is 25.4 Å². The first-order valence-corrected chi connectivity index (χ1v) is 21.0. The Bertz CT molecular complexity index is 2360. The summed E-state index contributed by atoms with van der Waals surface area (Å²) in [5, 5.41) is 8.30. The lowest BCUT2D eigenvalue weighted by Crippen LogP contribution is -2.27. The minimum absolute atomic E-state index is 0.0151. The number of anilines is 3. The van der Waals surface area contributed by atoms with Gasteiger partial charge in [-0.3, -0.25) is 25.5 Å². The molecule has 1 aliphatic carbocycles. The average Bonchev–Trinajstić information content (AvgIpc) is 3.58. The lowest BCUT2D eigenvalue weighted by atomic mass is 10.0. The van der Waals surface area contributed by atoms with Crippen LogP contribution >= 0.6 is 0 Å². The van der Waals surface area contributed by atoms with E-state index in [0.717, 1.165) is 66.2 Å². The van der Waals surface area contributed by atoms with Gasteiger partial charge in [0.2, 0.25) is 11.6 Å². The molecule has 3 aromatic carbocycles. The van der Waals surface area contributed by atoms with E-state index in [1.165, 1.54) is 17.7 Å². The molecule has 0 saturated carbocycles. The number of rotatable bonds is 18. The first kappa shape index (κ1) is 47.3. The predicted octanol–water partition coefficient (Wildman–Crippen LogP) is 10.1. The third-order valence-corrected chi connectivity index (χ3v) is 10.2. The van der Waals surface area contributed by atoms with Crippen LogP contribution in [0.2, 0.25) is 0 Å². The molecule has 15 heteroatoms. The summed E-state index contributed by atoms with van der Waals surface area (Å²) >= 11 is 0. The normalized spacial score (nSPS) is 12.2. The van der Waals surface area contributed by atoms with Crippen molar-refractivity contribution >= 4 is 46.9 Å². The van der Waals surface area contributed by atoms with Gasteiger partial charge >= 0.3 is 18.3 Å². The number of aromatic nitrogens is 1. The molecule has 0 bridgehead atoms. The molecular formula is C48H58N4O11. The van der Waals surface area contributed by atoms with Crippen LogP contribution in [0, 0.1) is 13.8 Å². The maximum absolute atomic E-state index is 12.9. The summed E-state index contributed by atoms with van der Waals surface area (Å²) in [6.07, 6.45) is 3.31. The maximum Gasteiger partial charge on any atom is 0.412 e.